The molecule has 2 rings (SSSR count). The summed E-state index contributed by atoms with van der Waals surface area (Å²) in [6.45, 7) is 2.18. The van der Waals surface area contributed by atoms with Crippen LogP contribution in [0.25, 0.3) is 0 Å². The first-order valence-electron chi connectivity index (χ1n) is 6.54. The van der Waals surface area contributed by atoms with E-state index in [0.29, 0.717) is 16.1 Å². The van der Waals surface area contributed by atoms with Gasteiger partial charge in [0, 0.05) is 23.7 Å². The van der Waals surface area contributed by atoms with Gasteiger partial charge in [-0.1, -0.05) is 36.7 Å². The van der Waals surface area contributed by atoms with Crippen molar-refractivity contribution in [2.45, 2.75) is 31.3 Å². The minimum absolute atomic E-state index is 0.378. The monoisotopic (exact) mass is 308 g/mol. The maximum atomic E-state index is 5.84. The summed E-state index contributed by atoms with van der Waals surface area (Å²) in [5, 5.41) is 0.989. The molecule has 6 heteroatoms. The lowest BCUT2D eigenvalue weighted by Crippen LogP contribution is -1.98. The normalized spacial score (nSPS) is 10.7. The summed E-state index contributed by atoms with van der Waals surface area (Å²) in [4.78, 5) is 12.6. The van der Waals surface area contributed by atoms with Gasteiger partial charge in [0.15, 0.2) is 5.16 Å². The molecule has 0 saturated heterocycles. The summed E-state index contributed by atoms with van der Waals surface area (Å²) in [5.41, 5.74) is 8.07. The van der Waals surface area contributed by atoms with Crippen LogP contribution in [0, 0.1) is 0 Å². The highest BCUT2D eigenvalue weighted by molar-refractivity contribution is 7.99. The second kappa shape index (κ2) is 7.45. The zero-order chi connectivity index (χ0) is 14.4. The molecule has 0 spiro atoms. The number of nitrogens with zero attached hydrogens (tertiary/aromatic N) is 3. The molecule has 0 radical (unpaired) electrons. The van der Waals surface area contributed by atoms with Crippen molar-refractivity contribution in [1.29, 1.82) is 0 Å². The number of aryl methyl sites for hydroxylation is 2. The SMILES string of the molecule is CCCc1ccnc(CCSc2nc(N)cc(Cl)n2)c1. The van der Waals surface area contributed by atoms with Crippen LogP contribution in [0.15, 0.2) is 29.6 Å². The average molecular weight is 309 g/mol. The van der Waals surface area contributed by atoms with E-state index in [1.807, 2.05) is 6.20 Å². The summed E-state index contributed by atoms with van der Waals surface area (Å²) in [7, 11) is 0. The standard InChI is InChI=1S/C14H17ClN4S/c1-2-3-10-4-6-17-11(8-10)5-7-20-14-18-12(15)9-13(16)19-14/h4,6,8-9H,2-3,5,7H2,1H3,(H2,16,18,19). The van der Waals surface area contributed by atoms with E-state index in [1.165, 1.54) is 17.3 Å². The van der Waals surface area contributed by atoms with E-state index in [0.717, 1.165) is 30.7 Å². The summed E-state index contributed by atoms with van der Waals surface area (Å²) >= 11 is 7.38. The molecule has 106 valence electrons. The van der Waals surface area contributed by atoms with Crippen LogP contribution in [-0.4, -0.2) is 20.7 Å². The Morgan fingerprint density at radius 1 is 1.25 bits per heavy atom. The van der Waals surface area contributed by atoms with Gasteiger partial charge in [-0.15, -0.1) is 0 Å². The molecule has 0 atom stereocenters. The maximum Gasteiger partial charge on any atom is 0.190 e. The van der Waals surface area contributed by atoms with Crippen molar-refractivity contribution in [3.63, 3.8) is 0 Å². The predicted molar refractivity (Wildman–Crippen MR) is 84.1 cm³/mol. The van der Waals surface area contributed by atoms with Crippen molar-refractivity contribution in [2.75, 3.05) is 11.5 Å². The second-order valence-electron chi connectivity index (χ2n) is 4.40. The molecule has 2 aromatic rings. The Morgan fingerprint density at radius 2 is 2.10 bits per heavy atom. The Kier molecular flexibility index (Phi) is 5.61. The zero-order valence-corrected chi connectivity index (χ0v) is 12.9. The number of pyridine rings is 1. The number of thioether (sulfide) groups is 1. The van der Waals surface area contributed by atoms with Crippen LogP contribution >= 0.6 is 23.4 Å². The van der Waals surface area contributed by atoms with Crippen molar-refractivity contribution in [2.24, 2.45) is 0 Å². The van der Waals surface area contributed by atoms with Crippen molar-refractivity contribution >= 4 is 29.2 Å². The highest BCUT2D eigenvalue weighted by Crippen LogP contribution is 2.19. The lowest BCUT2D eigenvalue weighted by atomic mass is 10.1. The van der Waals surface area contributed by atoms with Gasteiger partial charge >= 0.3 is 0 Å². The first-order valence-corrected chi connectivity index (χ1v) is 7.90. The third-order valence-corrected chi connectivity index (χ3v) is 3.75. The Hall–Kier alpha value is -1.33. The van der Waals surface area contributed by atoms with E-state index in [9.17, 15) is 0 Å². The summed E-state index contributed by atoms with van der Waals surface area (Å²) in [5.74, 6) is 1.25. The molecule has 0 unspecified atom stereocenters. The van der Waals surface area contributed by atoms with Gasteiger partial charge < -0.3 is 5.73 Å². The fraction of sp³-hybridized carbons (Fsp3) is 0.357. The van der Waals surface area contributed by atoms with Gasteiger partial charge in [0.25, 0.3) is 0 Å². The van der Waals surface area contributed by atoms with Gasteiger partial charge in [-0.05, 0) is 30.5 Å². The molecule has 2 aromatic heterocycles. The van der Waals surface area contributed by atoms with Crippen molar-refractivity contribution in [3.05, 3.63) is 40.8 Å². The Balaban J connectivity index is 1.90. The number of nitrogen functional groups attached to an aromatic ring is 1. The summed E-state index contributed by atoms with van der Waals surface area (Å²) < 4.78 is 0. The minimum atomic E-state index is 0.378. The fourth-order valence-corrected chi connectivity index (χ4v) is 2.90. The third-order valence-electron chi connectivity index (χ3n) is 2.70. The molecule has 2 N–H and O–H groups in total. The minimum Gasteiger partial charge on any atom is -0.384 e. The average Bonchev–Trinajstić information content (AvgIpc) is 2.38. The molecule has 0 bridgehead atoms. The van der Waals surface area contributed by atoms with Gasteiger partial charge in [0.05, 0.1) is 0 Å². The maximum absolute atomic E-state index is 5.84. The second-order valence-corrected chi connectivity index (χ2v) is 5.85. The zero-order valence-electron chi connectivity index (χ0n) is 11.3. The molecular weight excluding hydrogens is 292 g/mol. The van der Waals surface area contributed by atoms with Crippen LogP contribution in [0.3, 0.4) is 0 Å². The number of rotatable bonds is 6. The van der Waals surface area contributed by atoms with Crippen LogP contribution < -0.4 is 5.73 Å². The molecule has 2 heterocycles. The Morgan fingerprint density at radius 3 is 2.85 bits per heavy atom. The van der Waals surface area contributed by atoms with E-state index in [4.69, 9.17) is 17.3 Å². The predicted octanol–water partition coefficient (Wildman–Crippen LogP) is 3.39. The quantitative estimate of drug-likeness (QED) is 0.503. The number of hydrogen-bond acceptors (Lipinski definition) is 5. The smallest absolute Gasteiger partial charge is 0.190 e. The van der Waals surface area contributed by atoms with E-state index in [2.05, 4.69) is 34.0 Å². The molecule has 0 aromatic carbocycles. The highest BCUT2D eigenvalue weighted by atomic mass is 35.5. The van der Waals surface area contributed by atoms with E-state index >= 15 is 0 Å². The van der Waals surface area contributed by atoms with Crippen LogP contribution in [0.2, 0.25) is 5.15 Å². The van der Waals surface area contributed by atoms with E-state index < -0.39 is 0 Å². The van der Waals surface area contributed by atoms with E-state index in [-0.39, 0.29) is 0 Å². The Bertz CT molecular complexity index is 557. The van der Waals surface area contributed by atoms with Crippen molar-refractivity contribution in [3.8, 4) is 0 Å². The summed E-state index contributed by atoms with van der Waals surface area (Å²) in [6.07, 6.45) is 4.99. The van der Waals surface area contributed by atoms with Crippen LogP contribution in [0.4, 0.5) is 5.82 Å². The van der Waals surface area contributed by atoms with E-state index in [1.54, 1.807) is 6.07 Å². The largest absolute Gasteiger partial charge is 0.384 e. The van der Waals surface area contributed by atoms with Crippen LogP contribution in [0.1, 0.15) is 24.6 Å². The lowest BCUT2D eigenvalue weighted by molar-refractivity contribution is 0.906. The highest BCUT2D eigenvalue weighted by Gasteiger charge is 2.03. The first kappa shape index (κ1) is 15.1. The number of hydrogen-bond donors (Lipinski definition) is 1. The lowest BCUT2D eigenvalue weighted by Gasteiger charge is -2.04. The fourth-order valence-electron chi connectivity index (χ4n) is 1.83. The molecule has 0 amide bonds. The van der Waals surface area contributed by atoms with Gasteiger partial charge in [-0.2, -0.15) is 0 Å². The van der Waals surface area contributed by atoms with Crippen molar-refractivity contribution in [1.82, 2.24) is 15.0 Å². The molecule has 0 aliphatic carbocycles. The van der Waals surface area contributed by atoms with Gasteiger partial charge in [0.2, 0.25) is 0 Å². The van der Waals surface area contributed by atoms with Gasteiger partial charge in [-0.25, -0.2) is 9.97 Å². The molecule has 0 fully saturated rings. The van der Waals surface area contributed by atoms with Gasteiger partial charge in [-0.3, -0.25) is 4.98 Å². The molecule has 0 aliphatic rings. The number of anilines is 1. The number of halogens is 1. The number of nitrogens with two attached hydrogens (primary N) is 1. The third kappa shape index (κ3) is 4.65. The molecule has 20 heavy (non-hydrogen) atoms. The van der Waals surface area contributed by atoms with Crippen LogP contribution in [-0.2, 0) is 12.8 Å². The Labute approximate surface area is 128 Å². The molecular formula is C14H17ClN4S. The number of aromatic nitrogens is 3. The van der Waals surface area contributed by atoms with Gasteiger partial charge in [0.1, 0.15) is 11.0 Å². The first-order chi connectivity index (χ1) is 9.67. The summed E-state index contributed by atoms with van der Waals surface area (Å²) in [6, 6.07) is 5.78. The van der Waals surface area contributed by atoms with Crippen LogP contribution in [0.5, 0.6) is 0 Å². The van der Waals surface area contributed by atoms with Crippen molar-refractivity contribution < 1.29 is 0 Å². The molecule has 0 saturated carbocycles. The molecule has 4 nitrogen and oxygen atoms in total. The topological polar surface area (TPSA) is 64.7 Å². The molecule has 0 aliphatic heterocycles.